The quantitative estimate of drug-likeness (QED) is 0.719. The molecule has 0 aliphatic carbocycles. The summed E-state index contributed by atoms with van der Waals surface area (Å²) >= 11 is 0. The standard InChI is InChI=1S/C19H19N3O2/c1-3-22(19(23)16-11-7-8-14(2)12-16)13-17-20-18(21-24-17)15-9-5-4-6-10-15/h4-12H,3,13H2,1-2H3. The topological polar surface area (TPSA) is 59.2 Å². The van der Waals surface area contributed by atoms with Crippen LogP contribution in [0.2, 0.25) is 0 Å². The van der Waals surface area contributed by atoms with Crippen LogP contribution >= 0.6 is 0 Å². The lowest BCUT2D eigenvalue weighted by molar-refractivity contribution is 0.0734. The van der Waals surface area contributed by atoms with Crippen molar-refractivity contribution in [2.75, 3.05) is 6.54 Å². The van der Waals surface area contributed by atoms with Gasteiger partial charge in [-0.05, 0) is 26.0 Å². The van der Waals surface area contributed by atoms with Gasteiger partial charge in [-0.15, -0.1) is 0 Å². The summed E-state index contributed by atoms with van der Waals surface area (Å²) in [5.74, 6) is 0.919. The fourth-order valence-electron chi connectivity index (χ4n) is 2.47. The molecule has 24 heavy (non-hydrogen) atoms. The Bertz CT molecular complexity index is 827. The second-order valence-corrected chi connectivity index (χ2v) is 5.57. The molecule has 3 aromatic rings. The maximum atomic E-state index is 12.6. The van der Waals surface area contributed by atoms with E-state index >= 15 is 0 Å². The van der Waals surface area contributed by atoms with Gasteiger partial charge in [0.15, 0.2) is 0 Å². The van der Waals surface area contributed by atoms with Crippen molar-refractivity contribution >= 4 is 5.91 Å². The fraction of sp³-hybridized carbons (Fsp3) is 0.211. The number of benzene rings is 2. The van der Waals surface area contributed by atoms with E-state index in [1.807, 2.05) is 68.4 Å². The molecule has 0 aliphatic rings. The third kappa shape index (κ3) is 3.51. The van der Waals surface area contributed by atoms with Crippen LogP contribution in [0.15, 0.2) is 59.1 Å². The summed E-state index contributed by atoms with van der Waals surface area (Å²) in [5, 5.41) is 4.00. The lowest BCUT2D eigenvalue weighted by Gasteiger charge is -2.19. The van der Waals surface area contributed by atoms with Crippen LogP contribution in [-0.4, -0.2) is 27.5 Å². The largest absolute Gasteiger partial charge is 0.337 e. The van der Waals surface area contributed by atoms with E-state index in [0.717, 1.165) is 11.1 Å². The molecule has 5 nitrogen and oxygen atoms in total. The molecule has 0 bridgehead atoms. The molecule has 0 radical (unpaired) electrons. The highest BCUT2D eigenvalue weighted by molar-refractivity contribution is 5.94. The average molecular weight is 321 g/mol. The first-order valence-electron chi connectivity index (χ1n) is 7.91. The van der Waals surface area contributed by atoms with Gasteiger partial charge in [0.1, 0.15) is 6.54 Å². The van der Waals surface area contributed by atoms with E-state index in [1.165, 1.54) is 0 Å². The SMILES string of the molecule is CCN(Cc1nc(-c2ccccc2)no1)C(=O)c1cccc(C)c1. The Hall–Kier alpha value is -2.95. The predicted octanol–water partition coefficient (Wildman–Crippen LogP) is 3.71. The molecule has 0 aliphatic heterocycles. The molecule has 0 spiro atoms. The summed E-state index contributed by atoms with van der Waals surface area (Å²) in [6.45, 7) is 4.76. The molecule has 0 atom stereocenters. The number of rotatable bonds is 5. The third-order valence-corrected chi connectivity index (χ3v) is 3.76. The second-order valence-electron chi connectivity index (χ2n) is 5.57. The van der Waals surface area contributed by atoms with E-state index in [0.29, 0.717) is 30.4 Å². The first kappa shape index (κ1) is 15.9. The summed E-state index contributed by atoms with van der Waals surface area (Å²) < 4.78 is 5.31. The Morgan fingerprint density at radius 3 is 2.62 bits per heavy atom. The molecular formula is C19H19N3O2. The van der Waals surface area contributed by atoms with Crippen LogP contribution in [0.4, 0.5) is 0 Å². The minimum atomic E-state index is -0.0411. The van der Waals surface area contributed by atoms with Gasteiger partial charge in [0.25, 0.3) is 5.91 Å². The summed E-state index contributed by atoms with van der Waals surface area (Å²) in [6.07, 6.45) is 0. The number of carbonyl (C=O) groups is 1. The van der Waals surface area contributed by atoms with Gasteiger partial charge in [0, 0.05) is 17.7 Å². The molecule has 0 saturated carbocycles. The van der Waals surface area contributed by atoms with E-state index in [-0.39, 0.29) is 5.91 Å². The molecule has 0 fully saturated rings. The molecule has 0 saturated heterocycles. The first-order valence-corrected chi connectivity index (χ1v) is 7.91. The molecule has 5 heteroatoms. The molecule has 0 unspecified atom stereocenters. The monoisotopic (exact) mass is 321 g/mol. The molecular weight excluding hydrogens is 302 g/mol. The van der Waals surface area contributed by atoms with Crippen molar-refractivity contribution in [3.8, 4) is 11.4 Å². The molecule has 2 aromatic carbocycles. The van der Waals surface area contributed by atoms with Crippen LogP contribution in [0.1, 0.15) is 28.7 Å². The Morgan fingerprint density at radius 1 is 1.12 bits per heavy atom. The van der Waals surface area contributed by atoms with E-state index < -0.39 is 0 Å². The second kappa shape index (κ2) is 7.08. The van der Waals surface area contributed by atoms with E-state index in [2.05, 4.69) is 10.1 Å². The maximum Gasteiger partial charge on any atom is 0.254 e. The molecule has 1 heterocycles. The Kier molecular flexibility index (Phi) is 4.70. The molecule has 0 N–H and O–H groups in total. The number of amides is 1. The van der Waals surface area contributed by atoms with Gasteiger partial charge < -0.3 is 9.42 Å². The minimum absolute atomic E-state index is 0.0411. The fourth-order valence-corrected chi connectivity index (χ4v) is 2.47. The summed E-state index contributed by atoms with van der Waals surface area (Å²) in [6, 6.07) is 17.2. The third-order valence-electron chi connectivity index (χ3n) is 3.76. The van der Waals surface area contributed by atoms with Crippen LogP contribution in [0.25, 0.3) is 11.4 Å². The first-order chi connectivity index (χ1) is 11.7. The lowest BCUT2D eigenvalue weighted by Crippen LogP contribution is -2.30. The Labute approximate surface area is 140 Å². The summed E-state index contributed by atoms with van der Waals surface area (Å²) in [5.41, 5.74) is 2.61. The van der Waals surface area contributed by atoms with Gasteiger partial charge in [-0.1, -0.05) is 53.2 Å². The van der Waals surface area contributed by atoms with Crippen molar-refractivity contribution in [3.63, 3.8) is 0 Å². The molecule has 1 aromatic heterocycles. The van der Waals surface area contributed by atoms with Crippen LogP contribution in [0, 0.1) is 6.92 Å². The van der Waals surface area contributed by atoms with Crippen molar-refractivity contribution in [2.45, 2.75) is 20.4 Å². The van der Waals surface area contributed by atoms with Crippen molar-refractivity contribution in [1.82, 2.24) is 15.0 Å². The number of nitrogens with zero attached hydrogens (tertiary/aromatic N) is 3. The highest BCUT2D eigenvalue weighted by Crippen LogP contribution is 2.16. The van der Waals surface area contributed by atoms with Crippen molar-refractivity contribution in [3.05, 3.63) is 71.6 Å². The number of hydrogen-bond donors (Lipinski definition) is 0. The number of aromatic nitrogens is 2. The van der Waals surface area contributed by atoms with Crippen molar-refractivity contribution < 1.29 is 9.32 Å². The van der Waals surface area contributed by atoms with Crippen LogP contribution < -0.4 is 0 Å². The molecule has 3 rings (SSSR count). The van der Waals surface area contributed by atoms with Gasteiger partial charge in [-0.25, -0.2) is 0 Å². The molecule has 1 amide bonds. The lowest BCUT2D eigenvalue weighted by atomic mass is 10.1. The minimum Gasteiger partial charge on any atom is -0.337 e. The van der Waals surface area contributed by atoms with Crippen LogP contribution in [-0.2, 0) is 6.54 Å². The Morgan fingerprint density at radius 2 is 1.92 bits per heavy atom. The summed E-state index contributed by atoms with van der Waals surface area (Å²) in [4.78, 5) is 18.7. The molecule has 122 valence electrons. The average Bonchev–Trinajstić information content (AvgIpc) is 3.08. The van der Waals surface area contributed by atoms with E-state index in [4.69, 9.17) is 4.52 Å². The Balaban J connectivity index is 1.76. The zero-order chi connectivity index (χ0) is 16.9. The summed E-state index contributed by atoms with van der Waals surface area (Å²) in [7, 11) is 0. The number of carbonyl (C=O) groups excluding carboxylic acids is 1. The van der Waals surface area contributed by atoms with Gasteiger partial charge in [0.2, 0.25) is 11.7 Å². The zero-order valence-electron chi connectivity index (χ0n) is 13.8. The van der Waals surface area contributed by atoms with Gasteiger partial charge in [-0.3, -0.25) is 4.79 Å². The number of hydrogen-bond acceptors (Lipinski definition) is 4. The van der Waals surface area contributed by atoms with Gasteiger partial charge in [-0.2, -0.15) is 4.98 Å². The maximum absolute atomic E-state index is 12.6. The normalized spacial score (nSPS) is 10.6. The highest BCUT2D eigenvalue weighted by Gasteiger charge is 2.18. The van der Waals surface area contributed by atoms with Crippen LogP contribution in [0.5, 0.6) is 0 Å². The zero-order valence-corrected chi connectivity index (χ0v) is 13.8. The predicted molar refractivity (Wildman–Crippen MR) is 91.3 cm³/mol. The highest BCUT2D eigenvalue weighted by atomic mass is 16.5. The van der Waals surface area contributed by atoms with Crippen molar-refractivity contribution in [1.29, 1.82) is 0 Å². The van der Waals surface area contributed by atoms with Crippen molar-refractivity contribution in [2.24, 2.45) is 0 Å². The van der Waals surface area contributed by atoms with Crippen LogP contribution in [0.3, 0.4) is 0 Å². The van der Waals surface area contributed by atoms with Gasteiger partial charge in [0.05, 0.1) is 0 Å². The van der Waals surface area contributed by atoms with E-state index in [1.54, 1.807) is 4.90 Å². The van der Waals surface area contributed by atoms with E-state index in [9.17, 15) is 4.79 Å². The number of aryl methyl sites for hydroxylation is 1. The smallest absolute Gasteiger partial charge is 0.254 e. The van der Waals surface area contributed by atoms with Gasteiger partial charge >= 0.3 is 0 Å².